The van der Waals surface area contributed by atoms with Crippen molar-refractivity contribution in [3.8, 4) is 5.75 Å². The van der Waals surface area contributed by atoms with Crippen LogP contribution in [0.25, 0.3) is 0 Å². The van der Waals surface area contributed by atoms with E-state index >= 15 is 0 Å². The summed E-state index contributed by atoms with van der Waals surface area (Å²) >= 11 is 0. The number of carbonyl (C=O) groups excluding carboxylic acids is 2. The fourth-order valence-corrected chi connectivity index (χ4v) is 4.45. The van der Waals surface area contributed by atoms with Crippen molar-refractivity contribution in [1.82, 2.24) is 19.8 Å². The number of aryl methyl sites for hydroxylation is 1. The Morgan fingerprint density at radius 1 is 1.14 bits per heavy atom. The van der Waals surface area contributed by atoms with Crippen molar-refractivity contribution in [2.45, 2.75) is 32.5 Å². The Kier molecular flexibility index (Phi) is 8.12. The molecule has 3 aromatic rings. The molecule has 0 saturated carbocycles. The molecule has 1 atom stereocenters. The Labute approximate surface area is 216 Å². The molecule has 1 N–H and O–H groups in total. The minimum atomic E-state index is -0.286. The second-order valence-electron chi connectivity index (χ2n) is 8.77. The zero-order valence-corrected chi connectivity index (χ0v) is 20.9. The molecule has 2 aliphatic heterocycles. The third kappa shape index (κ3) is 5.63. The number of anilines is 1. The molecule has 0 radical (unpaired) electrons. The third-order valence-electron chi connectivity index (χ3n) is 6.36. The van der Waals surface area contributed by atoms with Crippen LogP contribution in [0.1, 0.15) is 23.5 Å². The van der Waals surface area contributed by atoms with Gasteiger partial charge in [-0.2, -0.15) is 0 Å². The standard InChI is InChI=1S/C26H29N5O4.ClH/c1-19-28-15-23-17-30(25(32)31(19)23)22-7-9-24(10-8-22)34-14-11-21-16-29(13-12-27-21)26(33)35-18-20-5-3-2-4-6-20;/h2-10,15,21,27H,11-14,16-18H2,1H3;1H/t21-;/m1./s1. The summed E-state index contributed by atoms with van der Waals surface area (Å²) in [6.07, 6.45) is 2.22. The molecule has 10 heteroatoms. The number of ether oxygens (including phenoxy) is 2. The lowest BCUT2D eigenvalue weighted by molar-refractivity contribution is 0.0827. The van der Waals surface area contributed by atoms with Gasteiger partial charge in [-0.25, -0.2) is 14.6 Å². The minimum absolute atomic E-state index is 0. The van der Waals surface area contributed by atoms with Gasteiger partial charge >= 0.3 is 12.1 Å². The monoisotopic (exact) mass is 511 g/mol. The number of nitrogens with one attached hydrogen (secondary N) is 1. The molecule has 1 saturated heterocycles. The smallest absolute Gasteiger partial charge is 0.410 e. The highest BCUT2D eigenvalue weighted by atomic mass is 35.5. The number of nitrogens with zero attached hydrogens (tertiary/aromatic N) is 4. The Morgan fingerprint density at radius 2 is 1.92 bits per heavy atom. The molecule has 0 aliphatic carbocycles. The van der Waals surface area contributed by atoms with Crippen LogP contribution in [0.5, 0.6) is 5.75 Å². The quantitative estimate of drug-likeness (QED) is 0.516. The van der Waals surface area contributed by atoms with Gasteiger partial charge in [-0.15, -0.1) is 12.4 Å². The van der Waals surface area contributed by atoms with Gasteiger partial charge < -0.3 is 19.7 Å². The maximum Gasteiger partial charge on any atom is 0.410 e. The molecule has 2 aliphatic rings. The number of benzene rings is 2. The van der Waals surface area contributed by atoms with Crippen LogP contribution >= 0.6 is 12.4 Å². The first-order valence-corrected chi connectivity index (χ1v) is 11.9. The highest BCUT2D eigenvalue weighted by molar-refractivity contribution is 5.96. The summed E-state index contributed by atoms with van der Waals surface area (Å²) in [5.41, 5.74) is 2.69. The number of aromatic nitrogens is 2. The van der Waals surface area contributed by atoms with Gasteiger partial charge in [0.1, 0.15) is 18.2 Å². The van der Waals surface area contributed by atoms with Gasteiger partial charge in [0.05, 0.1) is 25.0 Å². The number of fused-ring (bicyclic) bond motifs is 1. The Bertz CT molecular complexity index is 1180. The van der Waals surface area contributed by atoms with Gasteiger partial charge in [-0.1, -0.05) is 30.3 Å². The van der Waals surface area contributed by atoms with Crippen molar-refractivity contribution in [3.63, 3.8) is 0 Å². The highest BCUT2D eigenvalue weighted by Gasteiger charge is 2.30. The Morgan fingerprint density at radius 3 is 2.67 bits per heavy atom. The number of amides is 2. The largest absolute Gasteiger partial charge is 0.494 e. The van der Waals surface area contributed by atoms with Crippen LogP contribution in [0, 0.1) is 6.92 Å². The van der Waals surface area contributed by atoms with Crippen LogP contribution in [0.15, 0.2) is 60.8 Å². The van der Waals surface area contributed by atoms with E-state index in [1.54, 1.807) is 20.6 Å². The molecule has 9 nitrogen and oxygen atoms in total. The van der Waals surface area contributed by atoms with Crippen LogP contribution < -0.4 is 15.0 Å². The van der Waals surface area contributed by atoms with E-state index in [-0.39, 0.29) is 37.2 Å². The van der Waals surface area contributed by atoms with Crippen molar-refractivity contribution >= 4 is 30.2 Å². The molecule has 2 amide bonds. The second kappa shape index (κ2) is 11.5. The molecule has 0 spiro atoms. The predicted molar refractivity (Wildman–Crippen MR) is 138 cm³/mol. The molecule has 2 aromatic carbocycles. The van der Waals surface area contributed by atoms with Crippen molar-refractivity contribution in [3.05, 3.63) is 77.9 Å². The van der Waals surface area contributed by atoms with Gasteiger partial charge in [0, 0.05) is 31.4 Å². The number of hydrogen-bond donors (Lipinski definition) is 1. The van der Waals surface area contributed by atoms with Crippen LogP contribution in [0.3, 0.4) is 0 Å². The lowest BCUT2D eigenvalue weighted by Gasteiger charge is -2.33. The lowest BCUT2D eigenvalue weighted by Crippen LogP contribution is -2.53. The molecule has 1 fully saturated rings. The predicted octanol–water partition coefficient (Wildman–Crippen LogP) is 3.98. The highest BCUT2D eigenvalue weighted by Crippen LogP contribution is 2.27. The van der Waals surface area contributed by atoms with Gasteiger partial charge in [0.2, 0.25) is 0 Å². The Hall–Kier alpha value is -3.56. The van der Waals surface area contributed by atoms with E-state index in [2.05, 4.69) is 10.3 Å². The lowest BCUT2D eigenvalue weighted by atomic mass is 10.1. The van der Waals surface area contributed by atoms with E-state index < -0.39 is 0 Å². The van der Waals surface area contributed by atoms with E-state index in [0.717, 1.165) is 35.7 Å². The summed E-state index contributed by atoms with van der Waals surface area (Å²) < 4.78 is 13.0. The van der Waals surface area contributed by atoms with Crippen LogP contribution in [-0.2, 0) is 17.9 Å². The first-order valence-electron chi connectivity index (χ1n) is 11.9. The van der Waals surface area contributed by atoms with E-state index in [9.17, 15) is 9.59 Å². The maximum atomic E-state index is 12.7. The average molecular weight is 512 g/mol. The average Bonchev–Trinajstić information content (AvgIpc) is 3.43. The summed E-state index contributed by atoms with van der Waals surface area (Å²) in [7, 11) is 0. The molecule has 36 heavy (non-hydrogen) atoms. The molecule has 5 rings (SSSR count). The zero-order chi connectivity index (χ0) is 24.2. The normalized spacial score (nSPS) is 16.9. The van der Waals surface area contributed by atoms with E-state index in [4.69, 9.17) is 9.47 Å². The van der Waals surface area contributed by atoms with E-state index in [0.29, 0.717) is 32.1 Å². The van der Waals surface area contributed by atoms with E-state index in [1.807, 2.05) is 61.5 Å². The first-order chi connectivity index (χ1) is 17.1. The number of piperazine rings is 1. The third-order valence-corrected chi connectivity index (χ3v) is 6.36. The van der Waals surface area contributed by atoms with Crippen LogP contribution in [-0.4, -0.2) is 58.9 Å². The minimum Gasteiger partial charge on any atom is -0.494 e. The van der Waals surface area contributed by atoms with Crippen LogP contribution in [0.4, 0.5) is 15.3 Å². The summed E-state index contributed by atoms with van der Waals surface area (Å²) in [4.78, 5) is 32.8. The summed E-state index contributed by atoms with van der Waals surface area (Å²) in [6, 6.07) is 17.3. The number of carbonyl (C=O) groups is 2. The number of rotatable bonds is 7. The molecular formula is C26H30ClN5O4. The van der Waals surface area contributed by atoms with Crippen molar-refractivity contribution in [2.75, 3.05) is 31.1 Å². The summed E-state index contributed by atoms with van der Waals surface area (Å²) in [5, 5.41) is 3.44. The molecule has 0 bridgehead atoms. The van der Waals surface area contributed by atoms with E-state index in [1.165, 1.54) is 0 Å². The van der Waals surface area contributed by atoms with Crippen molar-refractivity contribution < 1.29 is 19.1 Å². The zero-order valence-electron chi connectivity index (χ0n) is 20.1. The number of imidazole rings is 1. The van der Waals surface area contributed by atoms with Gasteiger partial charge in [0.15, 0.2) is 0 Å². The van der Waals surface area contributed by atoms with Gasteiger partial charge in [-0.3, -0.25) is 9.47 Å². The fourth-order valence-electron chi connectivity index (χ4n) is 4.45. The summed E-state index contributed by atoms with van der Waals surface area (Å²) in [5.74, 6) is 1.44. The fraction of sp³-hybridized carbons (Fsp3) is 0.346. The maximum absolute atomic E-state index is 12.7. The molecule has 0 unspecified atom stereocenters. The Balaban J connectivity index is 0.00000304. The summed E-state index contributed by atoms with van der Waals surface area (Å²) in [6.45, 7) is 5.07. The van der Waals surface area contributed by atoms with Crippen molar-refractivity contribution in [2.24, 2.45) is 0 Å². The molecular weight excluding hydrogens is 482 g/mol. The van der Waals surface area contributed by atoms with Crippen LogP contribution in [0.2, 0.25) is 0 Å². The molecule has 1 aromatic heterocycles. The van der Waals surface area contributed by atoms with Gasteiger partial charge in [0.25, 0.3) is 0 Å². The first kappa shape index (κ1) is 25.5. The second-order valence-corrected chi connectivity index (χ2v) is 8.77. The number of halogens is 1. The SMILES string of the molecule is Cc1ncc2n1C(=O)N(c1ccc(OCC[C@@H]3CN(C(=O)OCc4ccccc4)CCN3)cc1)C2.Cl. The molecule has 3 heterocycles. The number of hydrogen-bond acceptors (Lipinski definition) is 6. The van der Waals surface area contributed by atoms with Gasteiger partial charge in [-0.05, 0) is 43.2 Å². The van der Waals surface area contributed by atoms with Crippen molar-refractivity contribution in [1.29, 1.82) is 0 Å². The molecule has 190 valence electrons. The topological polar surface area (TPSA) is 88.9 Å².